The highest BCUT2D eigenvalue weighted by Gasteiger charge is 2.16. The quantitative estimate of drug-likeness (QED) is 0.890. The second-order valence-corrected chi connectivity index (χ2v) is 3.90. The van der Waals surface area contributed by atoms with Gasteiger partial charge in [0.15, 0.2) is 0 Å². The van der Waals surface area contributed by atoms with Crippen molar-refractivity contribution in [3.63, 3.8) is 0 Å². The number of halogens is 2. The molecule has 0 aliphatic carbocycles. The van der Waals surface area contributed by atoms with Gasteiger partial charge in [0.2, 0.25) is 5.91 Å². The van der Waals surface area contributed by atoms with E-state index in [9.17, 15) is 4.79 Å². The van der Waals surface area contributed by atoms with Crippen LogP contribution in [0.15, 0.2) is 18.2 Å². The van der Waals surface area contributed by atoms with Crippen LogP contribution in [0.1, 0.15) is 18.1 Å². The van der Waals surface area contributed by atoms with Crippen molar-refractivity contribution in [2.45, 2.75) is 12.5 Å². The summed E-state index contributed by atoms with van der Waals surface area (Å²) < 4.78 is 5.14. The molecule has 0 saturated carbocycles. The summed E-state index contributed by atoms with van der Waals surface area (Å²) in [5.74, 6) is -0.437. The summed E-state index contributed by atoms with van der Waals surface area (Å²) in [6.45, 7) is 0. The zero-order chi connectivity index (χ0) is 11.4. The van der Waals surface area contributed by atoms with Crippen LogP contribution < -0.4 is 5.73 Å². The molecule has 1 unspecified atom stereocenters. The van der Waals surface area contributed by atoms with Gasteiger partial charge in [0.05, 0.1) is 12.5 Å². The maximum absolute atomic E-state index is 10.8. The van der Waals surface area contributed by atoms with Crippen molar-refractivity contribution in [1.82, 2.24) is 0 Å². The maximum atomic E-state index is 10.8. The summed E-state index contributed by atoms with van der Waals surface area (Å²) >= 11 is 11.7. The van der Waals surface area contributed by atoms with E-state index >= 15 is 0 Å². The minimum absolute atomic E-state index is 0.0951. The van der Waals surface area contributed by atoms with Gasteiger partial charge in [-0.3, -0.25) is 4.79 Å². The van der Waals surface area contributed by atoms with Crippen LogP contribution in [-0.4, -0.2) is 13.0 Å². The van der Waals surface area contributed by atoms with Crippen LogP contribution in [0.2, 0.25) is 10.0 Å². The molecule has 0 spiro atoms. The van der Waals surface area contributed by atoms with E-state index in [0.29, 0.717) is 15.6 Å². The summed E-state index contributed by atoms with van der Waals surface area (Å²) in [4.78, 5) is 10.8. The Balaban J connectivity index is 2.96. The first-order chi connectivity index (χ1) is 7.04. The molecule has 1 atom stereocenters. The summed E-state index contributed by atoms with van der Waals surface area (Å²) in [5.41, 5.74) is 5.81. The predicted octanol–water partition coefficient (Wildman–Crippen LogP) is 2.56. The van der Waals surface area contributed by atoms with E-state index < -0.39 is 12.0 Å². The molecule has 0 bridgehead atoms. The van der Waals surface area contributed by atoms with E-state index in [0.717, 1.165) is 0 Å². The third-order valence-corrected chi connectivity index (χ3v) is 2.54. The number of rotatable bonds is 4. The fourth-order valence-corrected chi connectivity index (χ4v) is 1.80. The molecular formula is C10H11Cl2NO2. The lowest BCUT2D eigenvalue weighted by Gasteiger charge is -2.15. The van der Waals surface area contributed by atoms with Gasteiger partial charge in [-0.1, -0.05) is 29.3 Å². The highest BCUT2D eigenvalue weighted by molar-refractivity contribution is 6.35. The fourth-order valence-electron chi connectivity index (χ4n) is 1.27. The first-order valence-electron chi connectivity index (χ1n) is 4.30. The highest BCUT2D eigenvalue weighted by atomic mass is 35.5. The predicted molar refractivity (Wildman–Crippen MR) is 60.0 cm³/mol. The Morgan fingerprint density at radius 2 is 2.20 bits per heavy atom. The summed E-state index contributed by atoms with van der Waals surface area (Å²) in [7, 11) is 1.50. The smallest absolute Gasteiger partial charge is 0.220 e. The topological polar surface area (TPSA) is 52.3 Å². The fraction of sp³-hybridized carbons (Fsp3) is 0.300. The number of methoxy groups -OCH3 is 1. The average Bonchev–Trinajstić information content (AvgIpc) is 2.14. The zero-order valence-electron chi connectivity index (χ0n) is 8.17. The number of carbonyl (C=O) groups excluding carboxylic acids is 1. The number of nitrogens with two attached hydrogens (primary N) is 1. The monoisotopic (exact) mass is 247 g/mol. The number of carbonyl (C=O) groups is 1. The third kappa shape index (κ3) is 3.38. The molecule has 0 aliphatic rings. The lowest BCUT2D eigenvalue weighted by molar-refractivity contribution is -0.120. The van der Waals surface area contributed by atoms with Crippen molar-refractivity contribution in [1.29, 1.82) is 0 Å². The number of hydrogen-bond donors (Lipinski definition) is 1. The van der Waals surface area contributed by atoms with Crippen molar-refractivity contribution in [3.8, 4) is 0 Å². The Morgan fingerprint density at radius 1 is 1.53 bits per heavy atom. The Labute approximate surface area is 98.1 Å². The molecule has 82 valence electrons. The van der Waals surface area contributed by atoms with Crippen LogP contribution >= 0.6 is 23.2 Å². The highest BCUT2D eigenvalue weighted by Crippen LogP contribution is 2.29. The summed E-state index contributed by atoms with van der Waals surface area (Å²) in [6.07, 6.45) is -0.329. The van der Waals surface area contributed by atoms with E-state index in [1.54, 1.807) is 18.2 Å². The molecule has 5 heteroatoms. The third-order valence-electron chi connectivity index (χ3n) is 1.98. The van der Waals surface area contributed by atoms with Gasteiger partial charge in [0.1, 0.15) is 0 Å². The van der Waals surface area contributed by atoms with Crippen LogP contribution in [-0.2, 0) is 9.53 Å². The second-order valence-electron chi connectivity index (χ2n) is 3.06. The normalized spacial score (nSPS) is 12.5. The molecule has 0 saturated heterocycles. The van der Waals surface area contributed by atoms with Crippen molar-refractivity contribution in [2.24, 2.45) is 5.73 Å². The molecule has 0 heterocycles. The molecule has 1 rings (SSSR count). The molecule has 0 fully saturated rings. The number of ether oxygens (including phenoxy) is 1. The van der Waals surface area contributed by atoms with E-state index in [1.807, 2.05) is 0 Å². The zero-order valence-corrected chi connectivity index (χ0v) is 9.68. The average molecular weight is 248 g/mol. The number of amides is 1. The number of primary amides is 1. The molecule has 3 nitrogen and oxygen atoms in total. The molecule has 1 amide bonds. The minimum atomic E-state index is -0.437. The van der Waals surface area contributed by atoms with Gasteiger partial charge < -0.3 is 10.5 Å². The van der Waals surface area contributed by atoms with Gasteiger partial charge in [-0.05, 0) is 17.7 Å². The molecular weight excluding hydrogens is 237 g/mol. The van der Waals surface area contributed by atoms with Crippen LogP contribution in [0.3, 0.4) is 0 Å². The first kappa shape index (κ1) is 12.3. The molecule has 0 radical (unpaired) electrons. The lowest BCUT2D eigenvalue weighted by atomic mass is 10.1. The van der Waals surface area contributed by atoms with Crippen LogP contribution in [0, 0.1) is 0 Å². The van der Waals surface area contributed by atoms with E-state index in [2.05, 4.69) is 0 Å². The largest absolute Gasteiger partial charge is 0.376 e. The Hall–Kier alpha value is -0.770. The van der Waals surface area contributed by atoms with Gasteiger partial charge in [-0.15, -0.1) is 0 Å². The van der Waals surface area contributed by atoms with Gasteiger partial charge in [0.25, 0.3) is 0 Å². The number of hydrogen-bond acceptors (Lipinski definition) is 2. The van der Waals surface area contributed by atoms with Gasteiger partial charge in [-0.25, -0.2) is 0 Å². The summed E-state index contributed by atoms with van der Waals surface area (Å²) in [5, 5.41) is 1.01. The van der Waals surface area contributed by atoms with Crippen LogP contribution in [0.5, 0.6) is 0 Å². The van der Waals surface area contributed by atoms with Crippen molar-refractivity contribution >= 4 is 29.1 Å². The molecule has 15 heavy (non-hydrogen) atoms. The minimum Gasteiger partial charge on any atom is -0.376 e. The summed E-state index contributed by atoms with van der Waals surface area (Å²) in [6, 6.07) is 5.02. The molecule has 0 aromatic heterocycles. The standard InChI is InChI=1S/C10H11Cl2NO2/c1-15-9(5-10(13)14)7-3-2-6(11)4-8(7)12/h2-4,9H,5H2,1H3,(H2,13,14). The molecule has 2 N–H and O–H groups in total. The lowest BCUT2D eigenvalue weighted by Crippen LogP contribution is -2.16. The molecule has 0 aliphatic heterocycles. The Kier molecular flexibility index (Phi) is 4.39. The van der Waals surface area contributed by atoms with Gasteiger partial charge >= 0.3 is 0 Å². The Bertz CT molecular complexity index is 368. The second kappa shape index (κ2) is 5.35. The van der Waals surface area contributed by atoms with E-state index in [4.69, 9.17) is 33.7 Å². The number of benzene rings is 1. The SMILES string of the molecule is COC(CC(N)=O)c1ccc(Cl)cc1Cl. The van der Waals surface area contributed by atoms with Gasteiger partial charge in [-0.2, -0.15) is 0 Å². The van der Waals surface area contributed by atoms with Crippen molar-refractivity contribution in [3.05, 3.63) is 33.8 Å². The van der Waals surface area contributed by atoms with E-state index in [-0.39, 0.29) is 6.42 Å². The molecule has 1 aromatic rings. The van der Waals surface area contributed by atoms with Crippen molar-refractivity contribution < 1.29 is 9.53 Å². The Morgan fingerprint density at radius 3 is 2.67 bits per heavy atom. The van der Waals surface area contributed by atoms with Gasteiger partial charge in [0, 0.05) is 17.2 Å². The van der Waals surface area contributed by atoms with Crippen molar-refractivity contribution in [2.75, 3.05) is 7.11 Å². The van der Waals surface area contributed by atoms with Crippen LogP contribution in [0.25, 0.3) is 0 Å². The maximum Gasteiger partial charge on any atom is 0.220 e. The first-order valence-corrected chi connectivity index (χ1v) is 5.06. The van der Waals surface area contributed by atoms with E-state index in [1.165, 1.54) is 7.11 Å². The van der Waals surface area contributed by atoms with Crippen LogP contribution in [0.4, 0.5) is 0 Å². The molecule has 1 aromatic carbocycles.